The van der Waals surface area contributed by atoms with E-state index in [2.05, 4.69) is 10.6 Å². The van der Waals surface area contributed by atoms with E-state index in [1.807, 2.05) is 13.0 Å². The number of nitrogens with one attached hydrogen (secondary N) is 2. The number of para-hydroxylation sites is 1. The molecule has 6 nitrogen and oxygen atoms in total. The van der Waals surface area contributed by atoms with Gasteiger partial charge in [0.25, 0.3) is 0 Å². The zero-order valence-electron chi connectivity index (χ0n) is 14.2. The number of fused-ring (bicyclic) bond motifs is 1. The van der Waals surface area contributed by atoms with E-state index in [4.69, 9.17) is 16.3 Å². The maximum atomic E-state index is 12.1. The molecule has 0 saturated carbocycles. The molecule has 1 unspecified atom stereocenters. The number of hydrogen-bond acceptors (Lipinski definition) is 4. The molecule has 0 fully saturated rings. The molecule has 2 amide bonds. The fourth-order valence-electron chi connectivity index (χ4n) is 2.79. The van der Waals surface area contributed by atoms with Crippen LogP contribution in [0.2, 0.25) is 5.02 Å². The Morgan fingerprint density at radius 3 is 2.77 bits per heavy atom. The van der Waals surface area contributed by atoms with Gasteiger partial charge in [0.1, 0.15) is 11.4 Å². The smallest absolute Gasteiger partial charge is 0.313 e. The van der Waals surface area contributed by atoms with Crippen molar-refractivity contribution in [3.63, 3.8) is 0 Å². The molecule has 136 valence electrons. The van der Waals surface area contributed by atoms with Gasteiger partial charge in [0, 0.05) is 22.7 Å². The summed E-state index contributed by atoms with van der Waals surface area (Å²) in [6.45, 7) is 2.08. The summed E-state index contributed by atoms with van der Waals surface area (Å²) in [5.74, 6) is -1.08. The lowest BCUT2D eigenvalue weighted by molar-refractivity contribution is -0.137. The van der Waals surface area contributed by atoms with E-state index in [1.54, 1.807) is 36.4 Å². The number of carbonyl (C=O) groups is 2. The molecule has 26 heavy (non-hydrogen) atoms. The Kier molecular flexibility index (Phi) is 5.15. The highest BCUT2D eigenvalue weighted by molar-refractivity contribution is 6.39. The van der Waals surface area contributed by atoms with Gasteiger partial charge in [-0.3, -0.25) is 9.59 Å². The molecule has 2 aromatic rings. The van der Waals surface area contributed by atoms with Crippen molar-refractivity contribution >= 4 is 29.1 Å². The summed E-state index contributed by atoms with van der Waals surface area (Å²) in [5.41, 5.74) is 0.612. The predicted octanol–water partition coefficient (Wildman–Crippen LogP) is 2.37. The third-order valence-corrected chi connectivity index (χ3v) is 4.75. The number of benzene rings is 2. The fourth-order valence-corrected chi connectivity index (χ4v) is 2.97. The highest BCUT2D eigenvalue weighted by Crippen LogP contribution is 2.36. The van der Waals surface area contributed by atoms with Crippen LogP contribution in [-0.4, -0.2) is 30.1 Å². The third-order valence-electron chi connectivity index (χ3n) is 4.34. The molecule has 3 N–H and O–H groups in total. The average molecular weight is 375 g/mol. The lowest BCUT2D eigenvalue weighted by Crippen LogP contribution is -2.46. The van der Waals surface area contributed by atoms with Crippen molar-refractivity contribution in [2.75, 3.05) is 18.5 Å². The normalized spacial score (nSPS) is 18.4. The molecule has 0 aromatic heterocycles. The molecule has 7 heteroatoms. The Bertz CT molecular complexity index is 855. The molecule has 0 aliphatic carbocycles. The second-order valence-corrected chi connectivity index (χ2v) is 6.63. The van der Waals surface area contributed by atoms with Crippen molar-refractivity contribution in [3.05, 3.63) is 58.6 Å². The number of carbonyl (C=O) groups excluding carboxylic acids is 2. The molecule has 1 heterocycles. The summed E-state index contributed by atoms with van der Waals surface area (Å²) in [6.07, 6.45) is 0.319. The number of aryl methyl sites for hydroxylation is 1. The standard InChI is InChI=1S/C19H19ClN2O4/c1-12-6-7-13(10-15(12)20)22-18(24)17(23)21-11-19(25)8-9-26-16-5-3-2-4-14(16)19/h2-7,10,25H,8-9,11H2,1H3,(H,21,23)(H,22,24). The molecular formula is C19H19ClN2O4. The van der Waals surface area contributed by atoms with Crippen LogP contribution in [0.25, 0.3) is 0 Å². The maximum Gasteiger partial charge on any atom is 0.313 e. The highest BCUT2D eigenvalue weighted by atomic mass is 35.5. The van der Waals surface area contributed by atoms with Crippen LogP contribution < -0.4 is 15.4 Å². The predicted molar refractivity (Wildman–Crippen MR) is 98.3 cm³/mol. The topological polar surface area (TPSA) is 87.7 Å². The molecule has 0 bridgehead atoms. The first-order chi connectivity index (χ1) is 12.4. The number of anilines is 1. The van der Waals surface area contributed by atoms with Gasteiger partial charge in [0.05, 0.1) is 13.2 Å². The molecule has 1 atom stereocenters. The Morgan fingerprint density at radius 2 is 2.00 bits per heavy atom. The van der Waals surface area contributed by atoms with Crippen molar-refractivity contribution in [3.8, 4) is 5.75 Å². The van der Waals surface area contributed by atoms with Gasteiger partial charge in [-0.2, -0.15) is 0 Å². The van der Waals surface area contributed by atoms with Gasteiger partial charge in [-0.25, -0.2) is 0 Å². The van der Waals surface area contributed by atoms with Crippen molar-refractivity contribution in [2.24, 2.45) is 0 Å². The average Bonchev–Trinajstić information content (AvgIpc) is 2.63. The van der Waals surface area contributed by atoms with E-state index in [-0.39, 0.29) is 6.54 Å². The van der Waals surface area contributed by atoms with Crippen LogP contribution in [0.3, 0.4) is 0 Å². The summed E-state index contributed by atoms with van der Waals surface area (Å²) in [7, 11) is 0. The van der Waals surface area contributed by atoms with Crippen LogP contribution in [0, 0.1) is 6.92 Å². The van der Waals surface area contributed by atoms with Crippen molar-refractivity contribution in [1.82, 2.24) is 5.32 Å². The zero-order valence-corrected chi connectivity index (χ0v) is 15.0. The Hall–Kier alpha value is -2.57. The summed E-state index contributed by atoms with van der Waals surface area (Å²) in [4.78, 5) is 24.2. The van der Waals surface area contributed by atoms with Crippen LogP contribution >= 0.6 is 11.6 Å². The minimum Gasteiger partial charge on any atom is -0.493 e. The first-order valence-electron chi connectivity index (χ1n) is 8.19. The molecule has 0 radical (unpaired) electrons. The van der Waals surface area contributed by atoms with Gasteiger partial charge < -0.3 is 20.5 Å². The Morgan fingerprint density at radius 1 is 1.23 bits per heavy atom. The van der Waals surface area contributed by atoms with Crippen LogP contribution in [0.15, 0.2) is 42.5 Å². The fraction of sp³-hybridized carbons (Fsp3) is 0.263. The van der Waals surface area contributed by atoms with Crippen LogP contribution in [0.1, 0.15) is 17.5 Å². The molecule has 3 rings (SSSR count). The van der Waals surface area contributed by atoms with Gasteiger partial charge in [0.15, 0.2) is 0 Å². The number of hydrogen-bond donors (Lipinski definition) is 3. The monoisotopic (exact) mass is 374 g/mol. The lowest BCUT2D eigenvalue weighted by atomic mass is 9.88. The number of rotatable bonds is 3. The summed E-state index contributed by atoms with van der Waals surface area (Å²) < 4.78 is 5.51. The van der Waals surface area contributed by atoms with Gasteiger partial charge in [-0.1, -0.05) is 35.9 Å². The van der Waals surface area contributed by atoms with Crippen molar-refractivity contribution < 1.29 is 19.4 Å². The van der Waals surface area contributed by atoms with E-state index < -0.39 is 17.4 Å². The lowest BCUT2D eigenvalue weighted by Gasteiger charge is -2.34. The van der Waals surface area contributed by atoms with E-state index in [0.29, 0.717) is 35.1 Å². The van der Waals surface area contributed by atoms with Gasteiger partial charge >= 0.3 is 11.8 Å². The Labute approximate surface area is 156 Å². The first kappa shape index (κ1) is 18.2. The largest absolute Gasteiger partial charge is 0.493 e. The Balaban J connectivity index is 1.63. The van der Waals surface area contributed by atoms with E-state index in [0.717, 1.165) is 5.56 Å². The van der Waals surface area contributed by atoms with Gasteiger partial charge in [-0.05, 0) is 30.7 Å². The molecule has 0 spiro atoms. The quantitative estimate of drug-likeness (QED) is 0.720. The summed E-state index contributed by atoms with van der Waals surface area (Å²) >= 11 is 6.01. The third kappa shape index (κ3) is 3.81. The number of ether oxygens (including phenoxy) is 1. The molecule has 1 aliphatic rings. The highest BCUT2D eigenvalue weighted by Gasteiger charge is 2.36. The van der Waals surface area contributed by atoms with Gasteiger partial charge in [0.2, 0.25) is 0 Å². The minimum absolute atomic E-state index is 0.0890. The van der Waals surface area contributed by atoms with E-state index in [9.17, 15) is 14.7 Å². The van der Waals surface area contributed by atoms with Crippen LogP contribution in [0.4, 0.5) is 5.69 Å². The van der Waals surface area contributed by atoms with Gasteiger partial charge in [-0.15, -0.1) is 0 Å². The second-order valence-electron chi connectivity index (χ2n) is 6.23. The molecule has 0 saturated heterocycles. The van der Waals surface area contributed by atoms with Crippen molar-refractivity contribution in [2.45, 2.75) is 18.9 Å². The SMILES string of the molecule is Cc1ccc(NC(=O)C(=O)NCC2(O)CCOc3ccccc32)cc1Cl. The summed E-state index contributed by atoms with van der Waals surface area (Å²) in [6, 6.07) is 12.1. The first-order valence-corrected chi connectivity index (χ1v) is 8.57. The van der Waals surface area contributed by atoms with Crippen LogP contribution in [0.5, 0.6) is 5.75 Å². The minimum atomic E-state index is -1.28. The molecule has 1 aliphatic heterocycles. The van der Waals surface area contributed by atoms with Crippen molar-refractivity contribution in [1.29, 1.82) is 0 Å². The zero-order chi connectivity index (χ0) is 18.7. The number of amides is 2. The number of halogens is 1. The molecule has 2 aromatic carbocycles. The molecular weight excluding hydrogens is 356 g/mol. The van der Waals surface area contributed by atoms with E-state index >= 15 is 0 Å². The van der Waals surface area contributed by atoms with E-state index in [1.165, 1.54) is 0 Å². The maximum absolute atomic E-state index is 12.1. The summed E-state index contributed by atoms with van der Waals surface area (Å²) in [5, 5.41) is 16.3. The second kappa shape index (κ2) is 7.35. The number of aliphatic hydroxyl groups is 1. The van der Waals surface area contributed by atoms with Crippen LogP contribution in [-0.2, 0) is 15.2 Å².